The van der Waals surface area contributed by atoms with Crippen molar-refractivity contribution in [1.82, 2.24) is 24.6 Å². The number of allylic oxidation sites excluding steroid dienone is 1. The number of hydrogen-bond donors (Lipinski definition) is 3. The Morgan fingerprint density at radius 1 is 1.27 bits per heavy atom. The van der Waals surface area contributed by atoms with Gasteiger partial charge < -0.3 is 29.4 Å². The van der Waals surface area contributed by atoms with Crippen LogP contribution in [0.5, 0.6) is 11.6 Å². The smallest absolute Gasteiger partial charge is 0.459 e. The van der Waals surface area contributed by atoms with Crippen molar-refractivity contribution in [3.05, 3.63) is 48.8 Å². The molecule has 0 saturated carbocycles. The summed E-state index contributed by atoms with van der Waals surface area (Å²) in [6.07, 6.45) is 6.13. The maximum absolute atomic E-state index is 13.4. The summed E-state index contributed by atoms with van der Waals surface area (Å²) in [6, 6.07) is 7.15. The Morgan fingerprint density at radius 2 is 2.05 bits per heavy atom. The van der Waals surface area contributed by atoms with Crippen LogP contribution in [0.2, 0.25) is 0 Å². The van der Waals surface area contributed by atoms with Crippen LogP contribution in [0, 0.1) is 5.92 Å². The topological polar surface area (TPSA) is 173 Å². The monoisotopic (exact) mass is 532 g/mol. The van der Waals surface area contributed by atoms with Crippen molar-refractivity contribution in [2.75, 3.05) is 32.7 Å². The van der Waals surface area contributed by atoms with E-state index in [-0.39, 0.29) is 37.0 Å². The van der Waals surface area contributed by atoms with Gasteiger partial charge in [-0.15, -0.1) is 0 Å². The Hall–Kier alpha value is -3.51. The molecule has 4 atom stereocenters. The number of nitrogens with one attached hydrogen (secondary N) is 1. The van der Waals surface area contributed by atoms with Crippen molar-refractivity contribution in [3.8, 4) is 11.6 Å². The number of rotatable bonds is 13. The maximum atomic E-state index is 13.4. The fraction of sp³-hybridized carbons (Fsp3) is 0.391. The van der Waals surface area contributed by atoms with Gasteiger partial charge in [-0.1, -0.05) is 30.4 Å². The number of carboxylic acids is 1. The highest BCUT2D eigenvalue weighted by atomic mass is 31.2. The van der Waals surface area contributed by atoms with Crippen molar-refractivity contribution in [1.29, 1.82) is 0 Å². The van der Waals surface area contributed by atoms with Crippen LogP contribution < -0.4 is 20.1 Å². The molecule has 1 unspecified atom stereocenters. The van der Waals surface area contributed by atoms with E-state index in [9.17, 15) is 14.5 Å². The summed E-state index contributed by atoms with van der Waals surface area (Å²) in [5.74, 6) is -0.686. The Kier molecular flexibility index (Phi) is 8.39. The van der Waals surface area contributed by atoms with Crippen LogP contribution in [-0.2, 0) is 18.6 Å². The third-order valence-corrected chi connectivity index (χ3v) is 7.23. The number of nitrogens with two attached hydrogens (primary N) is 1. The van der Waals surface area contributed by atoms with Gasteiger partial charge in [-0.05, 0) is 25.5 Å². The van der Waals surface area contributed by atoms with Gasteiger partial charge in [-0.3, -0.25) is 9.32 Å². The van der Waals surface area contributed by atoms with Gasteiger partial charge in [0.25, 0.3) is 0 Å². The van der Waals surface area contributed by atoms with Crippen molar-refractivity contribution in [2.45, 2.75) is 25.4 Å². The molecule has 4 rings (SSSR count). The highest BCUT2D eigenvalue weighted by Crippen LogP contribution is 2.46. The normalized spacial score (nSPS) is 19.5. The van der Waals surface area contributed by atoms with Crippen LogP contribution in [0.1, 0.15) is 19.4 Å². The lowest BCUT2D eigenvalue weighted by Gasteiger charge is -2.23. The number of carboxylic acid groups (broad SMARTS) is 1. The quantitative estimate of drug-likeness (QED) is 0.167. The van der Waals surface area contributed by atoms with Crippen molar-refractivity contribution in [3.63, 3.8) is 0 Å². The van der Waals surface area contributed by atoms with E-state index >= 15 is 0 Å². The first kappa shape index (κ1) is 26.6. The molecule has 2 heterocycles. The van der Waals surface area contributed by atoms with Crippen LogP contribution in [0.3, 0.4) is 0 Å². The van der Waals surface area contributed by atoms with Crippen molar-refractivity contribution < 1.29 is 33.0 Å². The van der Waals surface area contributed by atoms with Crippen LogP contribution >= 0.6 is 7.75 Å². The summed E-state index contributed by atoms with van der Waals surface area (Å²) < 4.78 is 37.2. The Labute approximate surface area is 213 Å². The summed E-state index contributed by atoms with van der Waals surface area (Å²) in [5.41, 5.74) is 6.89. The molecule has 14 heteroatoms. The number of aliphatic carboxylic acids is 1. The summed E-state index contributed by atoms with van der Waals surface area (Å²) in [4.78, 5) is 24.2. The molecular weight excluding hydrogens is 503 g/mol. The number of hydrogen-bond acceptors (Lipinski definition) is 10. The molecule has 1 aromatic carbocycles. The number of nitrogens with zero attached hydrogens (tertiary/aromatic N) is 4. The number of methoxy groups -OCH3 is 1. The van der Waals surface area contributed by atoms with Gasteiger partial charge in [-0.25, -0.2) is 9.55 Å². The average Bonchev–Trinajstić information content (AvgIpc) is 3.50. The number of aromatic nitrogens is 4. The zero-order valence-electron chi connectivity index (χ0n) is 20.4. The van der Waals surface area contributed by atoms with Gasteiger partial charge in [0, 0.05) is 13.0 Å². The predicted octanol–water partition coefficient (Wildman–Crippen LogP) is 2.82. The Bertz CT molecular complexity index is 1300. The first-order valence-electron chi connectivity index (χ1n) is 11.6. The lowest BCUT2D eigenvalue weighted by Crippen LogP contribution is -2.33. The SMILES string of the molecule is COCCOc1nc(N)nc2c1ncn2[C@H]1C=C[C@@H](CO[P@](=O)(NC(C)C(=O)O)Oc2ccccc2)C1. The number of carbonyl (C=O) groups is 1. The van der Waals surface area contributed by atoms with Gasteiger partial charge in [0.15, 0.2) is 11.2 Å². The molecule has 1 aliphatic carbocycles. The molecule has 0 bridgehead atoms. The van der Waals surface area contributed by atoms with Crippen LogP contribution in [0.4, 0.5) is 5.95 Å². The van der Waals surface area contributed by atoms with Crippen molar-refractivity contribution in [2.24, 2.45) is 5.92 Å². The molecule has 13 nitrogen and oxygen atoms in total. The Morgan fingerprint density at radius 3 is 2.78 bits per heavy atom. The van der Waals surface area contributed by atoms with E-state index in [1.165, 1.54) is 6.92 Å². The molecule has 0 spiro atoms. The van der Waals surface area contributed by atoms with Crippen LogP contribution in [-0.4, -0.2) is 63.6 Å². The van der Waals surface area contributed by atoms with E-state index < -0.39 is 19.8 Å². The van der Waals surface area contributed by atoms with Gasteiger partial charge in [-0.2, -0.15) is 15.1 Å². The number of ether oxygens (including phenoxy) is 2. The first-order chi connectivity index (χ1) is 17.8. The molecule has 0 aliphatic heterocycles. The molecule has 1 aliphatic rings. The van der Waals surface area contributed by atoms with Crippen molar-refractivity contribution >= 4 is 30.8 Å². The van der Waals surface area contributed by atoms with E-state index in [4.69, 9.17) is 24.3 Å². The maximum Gasteiger partial charge on any atom is 0.459 e. The predicted molar refractivity (Wildman–Crippen MR) is 134 cm³/mol. The summed E-state index contributed by atoms with van der Waals surface area (Å²) in [5, 5.41) is 11.7. The highest BCUT2D eigenvalue weighted by molar-refractivity contribution is 7.52. The molecule has 4 N–H and O–H groups in total. The minimum Gasteiger partial charge on any atom is -0.480 e. The number of imidazole rings is 1. The number of nitrogen functional groups attached to an aromatic ring is 1. The van der Waals surface area contributed by atoms with Gasteiger partial charge in [0.2, 0.25) is 11.8 Å². The number of fused-ring (bicyclic) bond motifs is 1. The highest BCUT2D eigenvalue weighted by Gasteiger charge is 2.33. The minimum absolute atomic E-state index is 0.0333. The molecular formula is C23H29N6O7P. The Balaban J connectivity index is 1.45. The third-order valence-electron chi connectivity index (χ3n) is 5.59. The number of anilines is 1. The van der Waals surface area contributed by atoms with Gasteiger partial charge in [0.05, 0.1) is 25.6 Å². The fourth-order valence-electron chi connectivity index (χ4n) is 3.75. The summed E-state index contributed by atoms with van der Waals surface area (Å²) >= 11 is 0. The second-order valence-corrected chi connectivity index (χ2v) is 10.1. The molecule has 0 radical (unpaired) electrons. The van der Waals surface area contributed by atoms with E-state index in [1.54, 1.807) is 43.8 Å². The lowest BCUT2D eigenvalue weighted by atomic mass is 10.1. The largest absolute Gasteiger partial charge is 0.480 e. The number of benzene rings is 1. The third kappa shape index (κ3) is 6.63. The first-order valence-corrected chi connectivity index (χ1v) is 13.1. The summed E-state index contributed by atoms with van der Waals surface area (Å²) in [7, 11) is -2.42. The van der Waals surface area contributed by atoms with Gasteiger partial charge >= 0.3 is 13.7 Å². The second kappa shape index (κ2) is 11.7. The zero-order valence-corrected chi connectivity index (χ0v) is 21.3. The lowest BCUT2D eigenvalue weighted by molar-refractivity contribution is -0.138. The summed E-state index contributed by atoms with van der Waals surface area (Å²) in [6.45, 7) is 2.07. The van der Waals surface area contributed by atoms with E-state index in [1.807, 2.05) is 16.7 Å². The molecule has 0 fully saturated rings. The second-order valence-electron chi connectivity index (χ2n) is 8.39. The van der Waals surface area contributed by atoms with Crippen LogP contribution in [0.25, 0.3) is 11.2 Å². The molecule has 0 amide bonds. The average molecular weight is 532 g/mol. The molecule has 2 aromatic heterocycles. The van der Waals surface area contributed by atoms with E-state index in [2.05, 4.69) is 20.0 Å². The number of para-hydroxylation sites is 1. The molecule has 198 valence electrons. The molecule has 37 heavy (non-hydrogen) atoms. The standard InChI is InChI=1S/C23H29N6O7P/c1-15(22(30)31)28-37(32,36-18-6-4-3-5-7-18)35-13-16-8-9-17(12-16)29-14-25-19-20(29)26-23(24)27-21(19)34-11-10-33-2/h3-9,14-17H,10-13H2,1-2H3,(H,28,32)(H,30,31)(H2,24,26,27)/t15?,16-,17+,37-/m1/s1. The molecule has 3 aromatic rings. The van der Waals surface area contributed by atoms with Crippen LogP contribution in [0.15, 0.2) is 48.8 Å². The minimum atomic E-state index is -4.00. The van der Waals surface area contributed by atoms with Gasteiger partial charge in [0.1, 0.15) is 18.4 Å². The van der Waals surface area contributed by atoms with E-state index in [0.29, 0.717) is 29.9 Å². The van der Waals surface area contributed by atoms with E-state index in [0.717, 1.165) is 0 Å². The fourth-order valence-corrected chi connectivity index (χ4v) is 5.30. The molecule has 0 saturated heterocycles. The zero-order chi connectivity index (χ0) is 26.4.